The molecule has 2 aliphatic rings. The Morgan fingerprint density at radius 1 is 1.12 bits per heavy atom. The van der Waals surface area contributed by atoms with E-state index >= 15 is 0 Å². The van der Waals surface area contributed by atoms with E-state index in [1.165, 1.54) is 6.20 Å². The van der Waals surface area contributed by atoms with Crippen LogP contribution in [-0.4, -0.2) is 65.5 Å². The number of pyridine rings is 1. The topological polar surface area (TPSA) is 124 Å². The molecule has 0 aromatic carbocycles. The number of likely N-dealkylation sites (tertiary alicyclic amines) is 1. The number of rotatable bonds is 11. The van der Waals surface area contributed by atoms with Crippen molar-refractivity contribution in [2.75, 3.05) is 13.4 Å². The number of nitrogens with zero attached hydrogens (tertiary/aromatic N) is 2. The lowest BCUT2D eigenvalue weighted by atomic mass is 9.80. The lowest BCUT2D eigenvalue weighted by Crippen LogP contribution is -2.65. The van der Waals surface area contributed by atoms with E-state index < -0.39 is 60.8 Å². The molecule has 232 valence electrons. The minimum Gasteiger partial charge on any atom is -0.464 e. The number of amides is 2. The molecule has 2 fully saturated rings. The van der Waals surface area contributed by atoms with Crippen molar-refractivity contribution in [2.45, 2.75) is 84.0 Å². The number of hydrogen-bond acceptors (Lipinski definition) is 8. The van der Waals surface area contributed by atoms with Crippen LogP contribution in [0.15, 0.2) is 30.6 Å². The fraction of sp³-hybridized carbons (Fsp3) is 0.621. The SMILES string of the molecule is C=C1[C@H](Cc2ccnc(CC(=O)OCOC(=O)C(C)C)c2)[C@@H](C(=O)OCC)N1C(=O)N[C@@H](C1CCCCC1)C(F)(F)F. The maximum Gasteiger partial charge on any atom is 0.408 e. The van der Waals surface area contributed by atoms with Crippen LogP contribution in [-0.2, 0) is 41.4 Å². The van der Waals surface area contributed by atoms with Gasteiger partial charge >= 0.3 is 30.1 Å². The van der Waals surface area contributed by atoms with Crippen LogP contribution in [0.5, 0.6) is 0 Å². The van der Waals surface area contributed by atoms with Gasteiger partial charge < -0.3 is 19.5 Å². The molecular formula is C29H38F3N3O7. The second-order valence-corrected chi connectivity index (χ2v) is 10.8. The van der Waals surface area contributed by atoms with Crippen molar-refractivity contribution in [3.8, 4) is 0 Å². The number of esters is 3. The van der Waals surface area contributed by atoms with Crippen molar-refractivity contribution in [2.24, 2.45) is 17.8 Å². The zero-order valence-corrected chi connectivity index (χ0v) is 24.1. The molecule has 42 heavy (non-hydrogen) atoms. The van der Waals surface area contributed by atoms with E-state index in [1.807, 2.05) is 0 Å². The summed E-state index contributed by atoms with van der Waals surface area (Å²) in [7, 11) is 0. The van der Waals surface area contributed by atoms with Crippen molar-refractivity contribution in [3.05, 3.63) is 41.9 Å². The molecule has 2 amide bonds. The lowest BCUT2D eigenvalue weighted by Gasteiger charge is -2.48. The zero-order valence-electron chi connectivity index (χ0n) is 24.1. The average Bonchev–Trinajstić information content (AvgIpc) is 2.93. The number of nitrogens with one attached hydrogen (secondary N) is 1. The molecule has 1 saturated heterocycles. The molecule has 1 aromatic heterocycles. The second kappa shape index (κ2) is 14.5. The van der Waals surface area contributed by atoms with Crippen LogP contribution in [0.1, 0.15) is 64.1 Å². The van der Waals surface area contributed by atoms with Gasteiger partial charge in [0.05, 0.1) is 24.6 Å². The number of ether oxygens (including phenoxy) is 3. The van der Waals surface area contributed by atoms with E-state index in [0.29, 0.717) is 36.9 Å². The maximum atomic E-state index is 13.9. The summed E-state index contributed by atoms with van der Waals surface area (Å²) < 4.78 is 56.7. The van der Waals surface area contributed by atoms with Gasteiger partial charge in [-0.15, -0.1) is 0 Å². The summed E-state index contributed by atoms with van der Waals surface area (Å²) in [4.78, 5) is 54.8. The highest BCUT2D eigenvalue weighted by atomic mass is 19.4. The normalized spacial score (nSPS) is 20.0. The zero-order chi connectivity index (χ0) is 31.0. The van der Waals surface area contributed by atoms with E-state index in [2.05, 4.69) is 16.9 Å². The van der Waals surface area contributed by atoms with Gasteiger partial charge in [0.1, 0.15) is 12.1 Å². The summed E-state index contributed by atoms with van der Waals surface area (Å²) in [5.74, 6) is -3.67. The molecule has 1 N–H and O–H groups in total. The van der Waals surface area contributed by atoms with E-state index in [0.717, 1.165) is 11.3 Å². The molecule has 2 heterocycles. The van der Waals surface area contributed by atoms with Crippen LogP contribution in [0.2, 0.25) is 0 Å². The van der Waals surface area contributed by atoms with Gasteiger partial charge in [-0.25, -0.2) is 9.59 Å². The number of halogens is 3. The summed E-state index contributed by atoms with van der Waals surface area (Å²) in [5, 5.41) is 2.13. The number of urea groups is 1. The molecule has 0 unspecified atom stereocenters. The fourth-order valence-corrected chi connectivity index (χ4v) is 5.28. The van der Waals surface area contributed by atoms with Gasteiger partial charge in [-0.3, -0.25) is 19.5 Å². The molecule has 3 atom stereocenters. The number of carbonyl (C=O) groups excluding carboxylic acids is 4. The molecule has 13 heteroatoms. The standard InChI is InChI=1S/C29H38F3N3O7/c1-5-40-27(38)24-22(14-19-11-12-33-21(13-19)15-23(36)41-16-42-26(37)17(2)3)18(4)35(24)28(39)34-25(29(30,31)32)20-9-7-6-8-10-20/h11-13,17,20,22,24-25H,4-10,14-16H2,1-3H3,(H,34,39)/t22-,24-,25-/m0/s1. The summed E-state index contributed by atoms with van der Waals surface area (Å²) in [6.07, 6.45) is -0.318. The highest BCUT2D eigenvalue weighted by molar-refractivity contribution is 5.89. The maximum absolute atomic E-state index is 13.9. The average molecular weight is 598 g/mol. The molecule has 3 rings (SSSR count). The monoisotopic (exact) mass is 597 g/mol. The predicted molar refractivity (Wildman–Crippen MR) is 143 cm³/mol. The highest BCUT2D eigenvalue weighted by Gasteiger charge is 2.53. The van der Waals surface area contributed by atoms with E-state index in [4.69, 9.17) is 14.2 Å². The first-order valence-corrected chi connectivity index (χ1v) is 14.1. The third kappa shape index (κ3) is 8.45. The van der Waals surface area contributed by atoms with Crippen molar-refractivity contribution in [1.82, 2.24) is 15.2 Å². The first kappa shape index (κ1) is 32.9. The van der Waals surface area contributed by atoms with Crippen LogP contribution >= 0.6 is 0 Å². The van der Waals surface area contributed by atoms with Crippen LogP contribution in [0.3, 0.4) is 0 Å². The smallest absolute Gasteiger partial charge is 0.408 e. The minimum atomic E-state index is -4.65. The molecule has 10 nitrogen and oxygen atoms in total. The number of aromatic nitrogens is 1. The Morgan fingerprint density at radius 3 is 2.43 bits per heavy atom. The van der Waals surface area contributed by atoms with Gasteiger partial charge in [-0.1, -0.05) is 39.7 Å². The summed E-state index contributed by atoms with van der Waals surface area (Å²) in [6, 6.07) is -0.979. The first-order valence-electron chi connectivity index (χ1n) is 14.1. The molecule has 1 aliphatic heterocycles. The predicted octanol–water partition coefficient (Wildman–Crippen LogP) is 4.46. The fourth-order valence-electron chi connectivity index (χ4n) is 5.28. The van der Waals surface area contributed by atoms with Crippen LogP contribution < -0.4 is 5.32 Å². The number of carbonyl (C=O) groups is 4. The third-order valence-corrected chi connectivity index (χ3v) is 7.45. The highest BCUT2D eigenvalue weighted by Crippen LogP contribution is 2.40. The number of hydrogen-bond donors (Lipinski definition) is 1. The van der Waals surface area contributed by atoms with Crippen molar-refractivity contribution >= 4 is 23.9 Å². The number of alkyl halides is 3. The Hall–Kier alpha value is -3.64. The molecule has 0 spiro atoms. The Balaban J connectivity index is 1.68. The Labute approximate surface area is 243 Å². The van der Waals surface area contributed by atoms with Gasteiger partial charge in [-0.2, -0.15) is 13.2 Å². The van der Waals surface area contributed by atoms with Gasteiger partial charge in [-0.05, 0) is 49.8 Å². The van der Waals surface area contributed by atoms with E-state index in [-0.39, 0.29) is 31.1 Å². The van der Waals surface area contributed by atoms with Crippen LogP contribution in [0.4, 0.5) is 18.0 Å². The molecule has 0 bridgehead atoms. The molecule has 1 saturated carbocycles. The third-order valence-electron chi connectivity index (χ3n) is 7.45. The van der Waals surface area contributed by atoms with Crippen molar-refractivity contribution < 1.29 is 46.6 Å². The van der Waals surface area contributed by atoms with Gasteiger partial charge in [0.25, 0.3) is 0 Å². The minimum absolute atomic E-state index is 0.0191. The summed E-state index contributed by atoms with van der Waals surface area (Å²) in [5.41, 5.74) is 1.18. The van der Waals surface area contributed by atoms with Crippen LogP contribution in [0, 0.1) is 17.8 Å². The molecule has 0 radical (unpaired) electrons. The van der Waals surface area contributed by atoms with Gasteiger partial charge in [0, 0.05) is 17.8 Å². The van der Waals surface area contributed by atoms with Crippen molar-refractivity contribution in [3.63, 3.8) is 0 Å². The Kier molecular flexibility index (Phi) is 11.3. The van der Waals surface area contributed by atoms with Gasteiger partial charge in [0.2, 0.25) is 6.79 Å². The Morgan fingerprint density at radius 2 is 1.81 bits per heavy atom. The van der Waals surface area contributed by atoms with E-state index in [1.54, 1.807) is 32.9 Å². The summed E-state index contributed by atoms with van der Waals surface area (Å²) in [6.45, 7) is 8.27. The van der Waals surface area contributed by atoms with Gasteiger partial charge in [0.15, 0.2) is 0 Å². The quantitative estimate of drug-likeness (QED) is 0.293. The largest absolute Gasteiger partial charge is 0.464 e. The van der Waals surface area contributed by atoms with Crippen molar-refractivity contribution in [1.29, 1.82) is 0 Å². The van der Waals surface area contributed by atoms with E-state index in [9.17, 15) is 32.3 Å². The van der Waals surface area contributed by atoms with Crippen LogP contribution in [0.25, 0.3) is 0 Å². The summed E-state index contributed by atoms with van der Waals surface area (Å²) >= 11 is 0. The molecular weight excluding hydrogens is 559 g/mol. The molecule has 1 aromatic rings. The first-order chi connectivity index (χ1) is 19.8. The molecule has 1 aliphatic carbocycles. The second-order valence-electron chi connectivity index (χ2n) is 10.8. The Bertz CT molecular complexity index is 1150. The lowest BCUT2D eigenvalue weighted by molar-refractivity contribution is -0.170.